The number of anilines is 1. The molecular formula is C24H22N6OS. The molecule has 0 spiro atoms. The highest BCUT2D eigenvalue weighted by molar-refractivity contribution is 7.21. The van der Waals surface area contributed by atoms with Crippen molar-refractivity contribution in [2.45, 2.75) is 27.3 Å². The lowest BCUT2D eigenvalue weighted by atomic mass is 10.00. The second kappa shape index (κ2) is 7.72. The van der Waals surface area contributed by atoms with E-state index >= 15 is 0 Å². The van der Waals surface area contributed by atoms with E-state index < -0.39 is 0 Å². The van der Waals surface area contributed by atoms with Crippen molar-refractivity contribution in [1.29, 1.82) is 0 Å². The van der Waals surface area contributed by atoms with Gasteiger partial charge >= 0.3 is 0 Å². The van der Waals surface area contributed by atoms with Gasteiger partial charge in [-0.1, -0.05) is 24.3 Å². The number of aryl methyl sites for hydroxylation is 3. The lowest BCUT2D eigenvalue weighted by molar-refractivity contribution is 0.0956. The van der Waals surface area contributed by atoms with Gasteiger partial charge in [-0.2, -0.15) is 10.2 Å². The molecule has 0 radical (unpaired) electrons. The first-order valence-electron chi connectivity index (χ1n) is 10.3. The van der Waals surface area contributed by atoms with Crippen LogP contribution >= 0.6 is 11.3 Å². The fraction of sp³-hybridized carbons (Fsp3) is 0.167. The van der Waals surface area contributed by atoms with Crippen LogP contribution < -0.4 is 11.1 Å². The van der Waals surface area contributed by atoms with Gasteiger partial charge in [-0.05, 0) is 60.7 Å². The SMILES string of the molecule is Cc1nnc2sc(C(=O)NCc3ccc(-c4cc(C)c5[nH]ncc5c4)cc3)c(N)c2c1C. The molecule has 0 saturated carbocycles. The van der Waals surface area contributed by atoms with E-state index in [1.54, 1.807) is 0 Å². The number of hydrogen-bond donors (Lipinski definition) is 3. The molecule has 8 heteroatoms. The molecule has 0 atom stereocenters. The summed E-state index contributed by atoms with van der Waals surface area (Å²) in [5.41, 5.74) is 14.0. The molecule has 2 aromatic carbocycles. The zero-order chi connectivity index (χ0) is 22.4. The maximum atomic E-state index is 12.8. The molecule has 0 aliphatic carbocycles. The number of nitrogen functional groups attached to an aromatic ring is 1. The molecule has 0 aliphatic rings. The van der Waals surface area contributed by atoms with E-state index in [0.717, 1.165) is 49.8 Å². The van der Waals surface area contributed by atoms with Gasteiger partial charge in [-0.25, -0.2) is 0 Å². The van der Waals surface area contributed by atoms with Gasteiger partial charge < -0.3 is 11.1 Å². The van der Waals surface area contributed by atoms with Gasteiger partial charge in [0.2, 0.25) is 0 Å². The van der Waals surface area contributed by atoms with E-state index in [9.17, 15) is 4.79 Å². The molecule has 0 bridgehead atoms. The van der Waals surface area contributed by atoms with Crippen LogP contribution in [0.2, 0.25) is 0 Å². The summed E-state index contributed by atoms with van der Waals surface area (Å²) in [6.45, 7) is 6.32. The van der Waals surface area contributed by atoms with Crippen molar-refractivity contribution in [3.05, 3.63) is 69.9 Å². The van der Waals surface area contributed by atoms with E-state index in [-0.39, 0.29) is 5.91 Å². The summed E-state index contributed by atoms with van der Waals surface area (Å²) in [5.74, 6) is -0.201. The minimum atomic E-state index is -0.201. The number of nitrogens with zero attached hydrogens (tertiary/aromatic N) is 3. The Morgan fingerprint density at radius 2 is 1.88 bits per heavy atom. The highest BCUT2D eigenvalue weighted by Crippen LogP contribution is 2.34. The van der Waals surface area contributed by atoms with Gasteiger partial charge in [-0.3, -0.25) is 9.89 Å². The van der Waals surface area contributed by atoms with Crippen molar-refractivity contribution in [2.24, 2.45) is 0 Å². The van der Waals surface area contributed by atoms with E-state index in [1.165, 1.54) is 11.3 Å². The predicted molar refractivity (Wildman–Crippen MR) is 129 cm³/mol. The zero-order valence-corrected chi connectivity index (χ0v) is 18.8. The van der Waals surface area contributed by atoms with Crippen molar-refractivity contribution in [3.8, 4) is 11.1 Å². The first-order chi connectivity index (χ1) is 15.4. The first-order valence-corrected chi connectivity index (χ1v) is 11.1. The maximum absolute atomic E-state index is 12.8. The first kappa shape index (κ1) is 20.1. The number of nitrogens with one attached hydrogen (secondary N) is 2. The third kappa shape index (κ3) is 3.38. The third-order valence-corrected chi connectivity index (χ3v) is 6.92. The number of nitrogens with two attached hydrogens (primary N) is 1. The number of amides is 1. The molecule has 5 aromatic rings. The number of benzene rings is 2. The van der Waals surface area contributed by atoms with Gasteiger partial charge in [0.05, 0.1) is 23.1 Å². The number of hydrogen-bond acceptors (Lipinski definition) is 6. The largest absolute Gasteiger partial charge is 0.397 e. The topological polar surface area (TPSA) is 110 Å². The third-order valence-electron chi connectivity index (χ3n) is 5.83. The summed E-state index contributed by atoms with van der Waals surface area (Å²) >= 11 is 1.27. The number of H-pyrrole nitrogens is 1. The smallest absolute Gasteiger partial charge is 0.263 e. The molecule has 0 saturated heterocycles. The monoisotopic (exact) mass is 442 g/mol. The molecule has 1 amide bonds. The highest BCUT2D eigenvalue weighted by atomic mass is 32.1. The van der Waals surface area contributed by atoms with Crippen molar-refractivity contribution < 1.29 is 4.79 Å². The van der Waals surface area contributed by atoms with Crippen LogP contribution in [0.4, 0.5) is 5.69 Å². The number of carbonyl (C=O) groups excluding carboxylic acids is 1. The lowest BCUT2D eigenvalue weighted by Gasteiger charge is -2.08. The van der Waals surface area contributed by atoms with Crippen LogP contribution in [0.1, 0.15) is 32.1 Å². The van der Waals surface area contributed by atoms with Crippen LogP contribution in [0, 0.1) is 20.8 Å². The van der Waals surface area contributed by atoms with Gasteiger partial charge in [0.15, 0.2) is 0 Å². The molecule has 3 heterocycles. The van der Waals surface area contributed by atoms with Crippen molar-refractivity contribution >= 4 is 44.1 Å². The quantitative estimate of drug-likeness (QED) is 0.375. The summed E-state index contributed by atoms with van der Waals surface area (Å²) in [6, 6.07) is 12.5. The minimum Gasteiger partial charge on any atom is -0.397 e. The lowest BCUT2D eigenvalue weighted by Crippen LogP contribution is -2.22. The van der Waals surface area contributed by atoms with Crippen LogP contribution in [-0.2, 0) is 6.54 Å². The molecule has 0 fully saturated rings. The average molecular weight is 443 g/mol. The second-order valence-corrected chi connectivity index (χ2v) is 8.94. The standard InChI is InChI=1S/C24H22N6OS/c1-12-8-17(9-18-11-27-29-21(12)18)16-6-4-15(5-7-16)10-26-23(31)22-20(25)19-13(2)14(3)28-30-24(19)32-22/h4-9,11H,10,25H2,1-3H3,(H,26,31)(H,27,29). The van der Waals surface area contributed by atoms with Crippen molar-refractivity contribution in [3.63, 3.8) is 0 Å². The number of aromatic nitrogens is 4. The van der Waals surface area contributed by atoms with Crippen LogP contribution in [0.25, 0.3) is 32.2 Å². The Kier molecular flexibility index (Phi) is 4.86. The second-order valence-electron chi connectivity index (χ2n) is 7.94. The highest BCUT2D eigenvalue weighted by Gasteiger charge is 2.19. The van der Waals surface area contributed by atoms with Crippen LogP contribution in [-0.4, -0.2) is 26.3 Å². The number of thiophene rings is 1. The predicted octanol–water partition coefficient (Wildman–Crippen LogP) is 4.67. The molecule has 3 aromatic heterocycles. The molecular weight excluding hydrogens is 420 g/mol. The summed E-state index contributed by atoms with van der Waals surface area (Å²) in [4.78, 5) is 14.0. The molecule has 160 valence electrons. The summed E-state index contributed by atoms with van der Waals surface area (Å²) < 4.78 is 0. The van der Waals surface area contributed by atoms with E-state index in [4.69, 9.17) is 5.73 Å². The number of carbonyl (C=O) groups is 1. The van der Waals surface area contributed by atoms with Crippen LogP contribution in [0.5, 0.6) is 0 Å². The zero-order valence-electron chi connectivity index (χ0n) is 18.0. The number of fused-ring (bicyclic) bond motifs is 2. The van der Waals surface area contributed by atoms with Gasteiger partial charge in [0.25, 0.3) is 5.91 Å². The Morgan fingerprint density at radius 3 is 2.66 bits per heavy atom. The molecule has 7 nitrogen and oxygen atoms in total. The average Bonchev–Trinajstić information content (AvgIpc) is 3.40. The van der Waals surface area contributed by atoms with Crippen molar-refractivity contribution in [2.75, 3.05) is 5.73 Å². The van der Waals surface area contributed by atoms with Gasteiger partial charge in [-0.15, -0.1) is 16.4 Å². The van der Waals surface area contributed by atoms with E-state index in [1.807, 2.05) is 32.2 Å². The Morgan fingerprint density at radius 1 is 1.09 bits per heavy atom. The normalized spacial score (nSPS) is 11.3. The van der Waals surface area contributed by atoms with E-state index in [2.05, 4.69) is 56.9 Å². The fourth-order valence-corrected chi connectivity index (χ4v) is 4.91. The Hall–Kier alpha value is -3.78. The van der Waals surface area contributed by atoms with Gasteiger partial charge in [0, 0.05) is 17.3 Å². The van der Waals surface area contributed by atoms with Crippen molar-refractivity contribution in [1.82, 2.24) is 25.7 Å². The number of aromatic amines is 1. The summed E-state index contributed by atoms with van der Waals surface area (Å²) in [7, 11) is 0. The molecule has 32 heavy (non-hydrogen) atoms. The molecule has 5 rings (SSSR count). The van der Waals surface area contributed by atoms with Crippen LogP contribution in [0.15, 0.2) is 42.6 Å². The van der Waals surface area contributed by atoms with E-state index in [0.29, 0.717) is 21.9 Å². The Balaban J connectivity index is 1.33. The van der Waals surface area contributed by atoms with Gasteiger partial charge in [0.1, 0.15) is 9.71 Å². The fourth-order valence-electron chi connectivity index (χ4n) is 3.89. The maximum Gasteiger partial charge on any atom is 0.263 e. The summed E-state index contributed by atoms with van der Waals surface area (Å²) in [5, 5.41) is 20.4. The molecule has 0 aliphatic heterocycles. The molecule has 4 N–H and O–H groups in total. The Bertz CT molecular complexity index is 1480. The minimum absolute atomic E-state index is 0.201. The molecule has 0 unspecified atom stereocenters. The Labute approximate surface area is 188 Å². The summed E-state index contributed by atoms with van der Waals surface area (Å²) in [6.07, 6.45) is 1.84. The van der Waals surface area contributed by atoms with Crippen LogP contribution in [0.3, 0.4) is 0 Å². The number of rotatable bonds is 4.